The zero-order valence-corrected chi connectivity index (χ0v) is 15.5. The molecule has 0 heterocycles. The fraction of sp³-hybridized carbons (Fsp3) is 0.0909. The Kier molecular flexibility index (Phi) is 6.19. The van der Waals surface area contributed by atoms with Gasteiger partial charge in [0.25, 0.3) is 5.91 Å². The Morgan fingerprint density at radius 3 is 2.41 bits per heavy atom. The topological polar surface area (TPSA) is 67.4 Å². The number of hydrogen-bond donors (Lipinski definition) is 2. The smallest absolute Gasteiger partial charge is 0.258 e. The lowest BCUT2D eigenvalue weighted by molar-refractivity contribution is -0.114. The minimum Gasteiger partial charge on any atom is -0.489 e. The van der Waals surface area contributed by atoms with Crippen molar-refractivity contribution in [3.8, 4) is 5.75 Å². The summed E-state index contributed by atoms with van der Waals surface area (Å²) in [6.07, 6.45) is 0. The average Bonchev–Trinajstić information content (AvgIpc) is 2.68. The van der Waals surface area contributed by atoms with Gasteiger partial charge in [0.2, 0.25) is 5.91 Å². The molecule has 0 aliphatic carbocycles. The summed E-state index contributed by atoms with van der Waals surface area (Å²) < 4.78 is 32.8. The van der Waals surface area contributed by atoms with E-state index in [4.69, 9.17) is 4.74 Å². The van der Waals surface area contributed by atoms with Crippen molar-refractivity contribution in [2.75, 3.05) is 10.6 Å². The SMILES string of the molecule is CC(=O)Nc1ccc(F)c(C(=O)Nc2cccc(COc3cccc(F)c3)c2)c1. The number of anilines is 2. The summed E-state index contributed by atoms with van der Waals surface area (Å²) in [7, 11) is 0. The molecule has 0 atom stereocenters. The van der Waals surface area contributed by atoms with Gasteiger partial charge >= 0.3 is 0 Å². The van der Waals surface area contributed by atoms with Crippen molar-refractivity contribution >= 4 is 23.2 Å². The molecular formula is C22H18F2N2O3. The second-order valence-electron chi connectivity index (χ2n) is 6.28. The first-order valence-electron chi connectivity index (χ1n) is 8.76. The lowest BCUT2D eigenvalue weighted by Gasteiger charge is -2.11. The molecule has 3 aromatic rings. The summed E-state index contributed by atoms with van der Waals surface area (Å²) in [5, 5.41) is 5.13. The number of carbonyl (C=O) groups excluding carboxylic acids is 2. The Morgan fingerprint density at radius 2 is 1.66 bits per heavy atom. The van der Waals surface area contributed by atoms with Crippen LogP contribution in [0.5, 0.6) is 5.75 Å². The van der Waals surface area contributed by atoms with Gasteiger partial charge in [0, 0.05) is 24.4 Å². The Balaban J connectivity index is 1.69. The van der Waals surface area contributed by atoms with E-state index >= 15 is 0 Å². The van der Waals surface area contributed by atoms with Crippen LogP contribution in [0, 0.1) is 11.6 Å². The predicted molar refractivity (Wildman–Crippen MR) is 106 cm³/mol. The molecule has 0 saturated carbocycles. The Hall–Kier alpha value is -3.74. The molecule has 0 aromatic heterocycles. The van der Waals surface area contributed by atoms with E-state index < -0.39 is 17.5 Å². The average molecular weight is 396 g/mol. The van der Waals surface area contributed by atoms with Crippen LogP contribution in [0.3, 0.4) is 0 Å². The highest BCUT2D eigenvalue weighted by Gasteiger charge is 2.13. The number of amides is 2. The van der Waals surface area contributed by atoms with Crippen LogP contribution < -0.4 is 15.4 Å². The van der Waals surface area contributed by atoms with Crippen molar-refractivity contribution in [1.82, 2.24) is 0 Å². The molecule has 148 valence electrons. The number of rotatable bonds is 6. The second-order valence-corrected chi connectivity index (χ2v) is 6.28. The molecule has 0 radical (unpaired) electrons. The van der Waals surface area contributed by atoms with E-state index in [1.807, 2.05) is 0 Å². The van der Waals surface area contributed by atoms with Gasteiger partial charge in [-0.3, -0.25) is 9.59 Å². The molecule has 3 aromatic carbocycles. The summed E-state index contributed by atoms with van der Waals surface area (Å²) in [4.78, 5) is 23.6. The standard InChI is InChI=1S/C22H18F2N2O3/c1-14(27)25-18-8-9-21(24)20(12-18)22(28)26-17-6-2-4-15(10-17)13-29-19-7-3-5-16(23)11-19/h2-12H,13H2,1H3,(H,25,27)(H,26,28). The molecule has 0 unspecified atom stereocenters. The van der Waals surface area contributed by atoms with E-state index in [0.717, 1.165) is 11.6 Å². The highest BCUT2D eigenvalue weighted by atomic mass is 19.1. The van der Waals surface area contributed by atoms with Gasteiger partial charge in [-0.15, -0.1) is 0 Å². The summed E-state index contributed by atoms with van der Waals surface area (Å²) in [5.74, 6) is -1.70. The quantitative estimate of drug-likeness (QED) is 0.632. The maximum absolute atomic E-state index is 14.1. The lowest BCUT2D eigenvalue weighted by atomic mass is 10.1. The van der Waals surface area contributed by atoms with Crippen LogP contribution in [0.2, 0.25) is 0 Å². The number of nitrogens with one attached hydrogen (secondary N) is 2. The van der Waals surface area contributed by atoms with Crippen molar-refractivity contribution in [3.63, 3.8) is 0 Å². The number of carbonyl (C=O) groups is 2. The molecule has 2 N–H and O–H groups in total. The highest BCUT2D eigenvalue weighted by molar-refractivity contribution is 6.05. The minimum atomic E-state index is -0.706. The van der Waals surface area contributed by atoms with E-state index in [9.17, 15) is 18.4 Å². The van der Waals surface area contributed by atoms with Crippen molar-refractivity contribution in [2.24, 2.45) is 0 Å². The molecule has 0 fully saturated rings. The monoisotopic (exact) mass is 396 g/mol. The fourth-order valence-corrected chi connectivity index (χ4v) is 2.64. The van der Waals surface area contributed by atoms with Crippen LogP contribution >= 0.6 is 0 Å². The number of ether oxygens (including phenoxy) is 1. The first-order valence-corrected chi connectivity index (χ1v) is 8.76. The lowest BCUT2D eigenvalue weighted by Crippen LogP contribution is -2.15. The fourth-order valence-electron chi connectivity index (χ4n) is 2.64. The molecule has 0 spiro atoms. The maximum atomic E-state index is 14.1. The number of benzene rings is 3. The van der Waals surface area contributed by atoms with Gasteiger partial charge in [-0.05, 0) is 48.0 Å². The molecule has 3 rings (SSSR count). The summed E-state index contributed by atoms with van der Waals surface area (Å²) in [5.41, 5.74) is 1.30. The normalized spacial score (nSPS) is 10.3. The Morgan fingerprint density at radius 1 is 0.897 bits per heavy atom. The van der Waals surface area contributed by atoms with Crippen molar-refractivity contribution < 1.29 is 23.1 Å². The van der Waals surface area contributed by atoms with E-state index in [1.54, 1.807) is 36.4 Å². The zero-order chi connectivity index (χ0) is 20.8. The minimum absolute atomic E-state index is 0.166. The molecular weight excluding hydrogens is 378 g/mol. The van der Waals surface area contributed by atoms with Crippen LogP contribution in [0.4, 0.5) is 20.2 Å². The number of hydrogen-bond acceptors (Lipinski definition) is 3. The molecule has 0 aliphatic rings. The predicted octanol–water partition coefficient (Wildman–Crippen LogP) is 4.75. The van der Waals surface area contributed by atoms with Gasteiger partial charge < -0.3 is 15.4 Å². The third kappa shape index (κ3) is 5.62. The van der Waals surface area contributed by atoms with E-state index in [-0.39, 0.29) is 18.1 Å². The van der Waals surface area contributed by atoms with Gasteiger partial charge in [-0.25, -0.2) is 8.78 Å². The van der Waals surface area contributed by atoms with E-state index in [1.165, 1.54) is 31.2 Å². The molecule has 0 aliphatic heterocycles. The maximum Gasteiger partial charge on any atom is 0.258 e. The van der Waals surface area contributed by atoms with E-state index in [2.05, 4.69) is 10.6 Å². The van der Waals surface area contributed by atoms with Crippen molar-refractivity contribution in [2.45, 2.75) is 13.5 Å². The van der Waals surface area contributed by atoms with Crippen molar-refractivity contribution in [3.05, 3.63) is 89.5 Å². The third-order valence-electron chi connectivity index (χ3n) is 3.92. The molecule has 29 heavy (non-hydrogen) atoms. The second kappa shape index (κ2) is 8.97. The van der Waals surface area contributed by atoms with Gasteiger partial charge in [-0.1, -0.05) is 18.2 Å². The summed E-state index contributed by atoms with van der Waals surface area (Å²) in [6.45, 7) is 1.49. The summed E-state index contributed by atoms with van der Waals surface area (Å²) >= 11 is 0. The molecule has 7 heteroatoms. The van der Waals surface area contributed by atoms with Crippen molar-refractivity contribution in [1.29, 1.82) is 0 Å². The van der Waals surface area contributed by atoms with Gasteiger partial charge in [0.05, 0.1) is 5.56 Å². The largest absolute Gasteiger partial charge is 0.489 e. The van der Waals surface area contributed by atoms with Crippen LogP contribution in [0.15, 0.2) is 66.7 Å². The van der Waals surface area contributed by atoms with Gasteiger partial charge in [0.15, 0.2) is 0 Å². The van der Waals surface area contributed by atoms with Gasteiger partial charge in [0.1, 0.15) is 24.0 Å². The van der Waals surface area contributed by atoms with Gasteiger partial charge in [-0.2, -0.15) is 0 Å². The summed E-state index contributed by atoms with van der Waals surface area (Å²) in [6, 6.07) is 16.4. The number of halogens is 2. The zero-order valence-electron chi connectivity index (χ0n) is 15.5. The first-order chi connectivity index (χ1) is 13.9. The third-order valence-corrected chi connectivity index (χ3v) is 3.92. The Bertz CT molecular complexity index is 1050. The molecule has 5 nitrogen and oxygen atoms in total. The van der Waals surface area contributed by atoms with Crippen LogP contribution in [0.25, 0.3) is 0 Å². The van der Waals surface area contributed by atoms with Crippen LogP contribution in [-0.4, -0.2) is 11.8 Å². The van der Waals surface area contributed by atoms with Crippen LogP contribution in [0.1, 0.15) is 22.8 Å². The first kappa shape index (κ1) is 20.0. The molecule has 0 saturated heterocycles. The van der Waals surface area contributed by atoms with E-state index in [0.29, 0.717) is 17.1 Å². The molecule has 2 amide bonds. The van der Waals surface area contributed by atoms with Crippen LogP contribution in [-0.2, 0) is 11.4 Å². The Labute approximate surface area is 166 Å². The highest BCUT2D eigenvalue weighted by Crippen LogP contribution is 2.19. The molecule has 0 bridgehead atoms.